The van der Waals surface area contributed by atoms with Crippen LogP contribution in [0, 0.1) is 3.57 Å². The molecule has 20 heavy (non-hydrogen) atoms. The number of benzene rings is 1. The SMILES string of the molecule is COc1ccc(I)cc1S(=O)(=O)N1CC(C)OC(C)C1. The van der Waals surface area contributed by atoms with E-state index in [-0.39, 0.29) is 17.1 Å². The van der Waals surface area contributed by atoms with E-state index in [1.807, 2.05) is 19.9 Å². The van der Waals surface area contributed by atoms with E-state index in [1.54, 1.807) is 12.1 Å². The van der Waals surface area contributed by atoms with Gasteiger partial charge in [0.15, 0.2) is 0 Å². The molecule has 0 N–H and O–H groups in total. The summed E-state index contributed by atoms with van der Waals surface area (Å²) in [4.78, 5) is 0.216. The van der Waals surface area contributed by atoms with Gasteiger partial charge in [-0.05, 0) is 54.6 Å². The number of rotatable bonds is 3. The molecular formula is C13H18INO4S. The molecule has 0 spiro atoms. The highest BCUT2D eigenvalue weighted by atomic mass is 127. The Balaban J connectivity index is 2.42. The Labute approximate surface area is 133 Å². The molecule has 1 fully saturated rings. The number of morpholine rings is 1. The van der Waals surface area contributed by atoms with Crippen molar-refractivity contribution in [1.82, 2.24) is 4.31 Å². The van der Waals surface area contributed by atoms with Gasteiger partial charge in [0.25, 0.3) is 0 Å². The standard InChI is InChI=1S/C13H18INO4S/c1-9-7-15(8-10(2)19-9)20(16,17)13-6-11(14)4-5-12(13)18-3/h4-6,9-10H,7-8H2,1-3H3. The van der Waals surface area contributed by atoms with E-state index in [0.717, 1.165) is 3.57 Å². The molecule has 1 aromatic rings. The minimum Gasteiger partial charge on any atom is -0.495 e. The zero-order chi connectivity index (χ0) is 14.9. The Hall–Kier alpha value is -0.380. The highest BCUT2D eigenvalue weighted by molar-refractivity contribution is 14.1. The smallest absolute Gasteiger partial charge is 0.246 e. The quantitative estimate of drug-likeness (QED) is 0.715. The lowest BCUT2D eigenvalue weighted by molar-refractivity contribution is -0.0441. The number of hydrogen-bond acceptors (Lipinski definition) is 4. The lowest BCUT2D eigenvalue weighted by atomic mass is 10.3. The molecule has 1 aliphatic rings. The highest BCUT2D eigenvalue weighted by Gasteiger charge is 2.34. The summed E-state index contributed by atoms with van der Waals surface area (Å²) in [5.41, 5.74) is 0. The van der Waals surface area contributed by atoms with Crippen molar-refractivity contribution in [3.05, 3.63) is 21.8 Å². The third-order valence-corrected chi connectivity index (χ3v) is 5.65. The number of halogens is 1. The van der Waals surface area contributed by atoms with Gasteiger partial charge in [-0.15, -0.1) is 0 Å². The van der Waals surface area contributed by atoms with Crippen molar-refractivity contribution in [2.24, 2.45) is 0 Å². The van der Waals surface area contributed by atoms with Crippen molar-refractivity contribution in [2.45, 2.75) is 31.0 Å². The van der Waals surface area contributed by atoms with E-state index < -0.39 is 10.0 Å². The van der Waals surface area contributed by atoms with Gasteiger partial charge in [-0.2, -0.15) is 4.31 Å². The van der Waals surface area contributed by atoms with Crippen molar-refractivity contribution >= 4 is 32.6 Å². The molecule has 1 aliphatic heterocycles. The van der Waals surface area contributed by atoms with Crippen molar-refractivity contribution in [3.8, 4) is 5.75 Å². The van der Waals surface area contributed by atoms with Gasteiger partial charge in [0.1, 0.15) is 10.6 Å². The zero-order valence-electron chi connectivity index (χ0n) is 11.7. The van der Waals surface area contributed by atoms with Crippen molar-refractivity contribution in [1.29, 1.82) is 0 Å². The topological polar surface area (TPSA) is 55.8 Å². The van der Waals surface area contributed by atoms with Gasteiger partial charge in [-0.25, -0.2) is 8.42 Å². The van der Waals surface area contributed by atoms with Crippen LogP contribution in [0.1, 0.15) is 13.8 Å². The maximum Gasteiger partial charge on any atom is 0.246 e. The van der Waals surface area contributed by atoms with Crippen LogP contribution in [0.5, 0.6) is 5.75 Å². The maximum absolute atomic E-state index is 12.8. The Morgan fingerprint density at radius 3 is 2.45 bits per heavy atom. The van der Waals surface area contributed by atoms with Gasteiger partial charge in [0.05, 0.1) is 19.3 Å². The summed E-state index contributed by atoms with van der Waals surface area (Å²) in [5.74, 6) is 0.372. The first kappa shape index (κ1) is 16.0. The molecular weight excluding hydrogens is 393 g/mol. The normalized spacial score (nSPS) is 24.6. The predicted octanol–water partition coefficient (Wildman–Crippen LogP) is 2.10. The summed E-state index contributed by atoms with van der Waals surface area (Å²) in [6.45, 7) is 4.48. The average molecular weight is 411 g/mol. The third-order valence-electron chi connectivity index (χ3n) is 3.13. The molecule has 1 heterocycles. The van der Waals surface area contributed by atoms with Crippen LogP contribution in [-0.2, 0) is 14.8 Å². The molecule has 7 heteroatoms. The van der Waals surface area contributed by atoms with Crippen LogP contribution in [0.3, 0.4) is 0 Å². The second-order valence-corrected chi connectivity index (χ2v) is 8.03. The average Bonchev–Trinajstić information content (AvgIpc) is 2.37. The first-order valence-corrected chi connectivity index (χ1v) is 8.85. The van der Waals surface area contributed by atoms with E-state index >= 15 is 0 Å². The van der Waals surface area contributed by atoms with Crippen molar-refractivity contribution in [3.63, 3.8) is 0 Å². The molecule has 0 aliphatic carbocycles. The molecule has 1 saturated heterocycles. The predicted molar refractivity (Wildman–Crippen MR) is 84.5 cm³/mol. The molecule has 2 atom stereocenters. The molecule has 2 rings (SSSR count). The lowest BCUT2D eigenvalue weighted by Gasteiger charge is -2.34. The minimum absolute atomic E-state index is 0.109. The van der Waals surface area contributed by atoms with Gasteiger partial charge in [0.2, 0.25) is 10.0 Å². The van der Waals surface area contributed by atoms with E-state index in [4.69, 9.17) is 9.47 Å². The summed E-state index contributed by atoms with van der Waals surface area (Å²) in [6, 6.07) is 5.14. The van der Waals surface area contributed by atoms with E-state index in [2.05, 4.69) is 22.6 Å². The maximum atomic E-state index is 12.8. The summed E-state index contributed by atoms with van der Waals surface area (Å²) in [5, 5.41) is 0. The fraction of sp³-hybridized carbons (Fsp3) is 0.538. The molecule has 0 aromatic heterocycles. The Kier molecular flexibility index (Phi) is 4.93. The molecule has 0 saturated carbocycles. The number of sulfonamides is 1. The van der Waals surface area contributed by atoms with Gasteiger partial charge in [0, 0.05) is 16.7 Å². The van der Waals surface area contributed by atoms with E-state index in [0.29, 0.717) is 18.8 Å². The number of methoxy groups -OCH3 is 1. The molecule has 5 nitrogen and oxygen atoms in total. The molecule has 0 bridgehead atoms. The number of hydrogen-bond donors (Lipinski definition) is 0. The monoisotopic (exact) mass is 411 g/mol. The summed E-state index contributed by atoms with van der Waals surface area (Å²) in [6.07, 6.45) is -0.218. The summed E-state index contributed by atoms with van der Waals surface area (Å²) >= 11 is 2.09. The fourth-order valence-electron chi connectivity index (χ4n) is 2.32. The fourth-order valence-corrected chi connectivity index (χ4v) is 4.79. The van der Waals surface area contributed by atoms with Gasteiger partial charge in [-0.3, -0.25) is 0 Å². The second kappa shape index (κ2) is 6.17. The van der Waals surface area contributed by atoms with Gasteiger partial charge >= 0.3 is 0 Å². The largest absolute Gasteiger partial charge is 0.495 e. The zero-order valence-corrected chi connectivity index (χ0v) is 14.6. The van der Waals surface area contributed by atoms with Crippen LogP contribution in [0.2, 0.25) is 0 Å². The summed E-state index contributed by atoms with van der Waals surface area (Å²) < 4.78 is 38.7. The molecule has 0 radical (unpaired) electrons. The van der Waals surface area contributed by atoms with Crippen LogP contribution in [0.25, 0.3) is 0 Å². The Morgan fingerprint density at radius 2 is 1.90 bits per heavy atom. The first-order valence-electron chi connectivity index (χ1n) is 6.33. The van der Waals surface area contributed by atoms with E-state index in [1.165, 1.54) is 11.4 Å². The van der Waals surface area contributed by atoms with Crippen LogP contribution in [-0.4, -0.2) is 45.1 Å². The molecule has 2 unspecified atom stereocenters. The van der Waals surface area contributed by atoms with Crippen LogP contribution in [0.15, 0.2) is 23.1 Å². The second-order valence-electron chi connectivity index (χ2n) is 4.87. The number of nitrogens with zero attached hydrogens (tertiary/aromatic N) is 1. The van der Waals surface area contributed by atoms with Crippen LogP contribution < -0.4 is 4.74 Å². The third kappa shape index (κ3) is 3.26. The van der Waals surface area contributed by atoms with E-state index in [9.17, 15) is 8.42 Å². The van der Waals surface area contributed by atoms with Crippen LogP contribution >= 0.6 is 22.6 Å². The molecule has 112 valence electrons. The highest BCUT2D eigenvalue weighted by Crippen LogP contribution is 2.30. The Bertz CT molecular complexity index is 580. The molecule has 1 aromatic carbocycles. The van der Waals surface area contributed by atoms with Crippen LogP contribution in [0.4, 0.5) is 0 Å². The van der Waals surface area contributed by atoms with Gasteiger partial charge < -0.3 is 9.47 Å². The first-order chi connectivity index (χ1) is 9.34. The Morgan fingerprint density at radius 1 is 1.30 bits per heavy atom. The van der Waals surface area contributed by atoms with Crippen molar-refractivity contribution < 1.29 is 17.9 Å². The van der Waals surface area contributed by atoms with Crippen molar-refractivity contribution in [2.75, 3.05) is 20.2 Å². The van der Waals surface area contributed by atoms with Gasteiger partial charge in [-0.1, -0.05) is 0 Å². The summed E-state index contributed by atoms with van der Waals surface area (Å²) in [7, 11) is -2.09. The lowest BCUT2D eigenvalue weighted by Crippen LogP contribution is -2.48. The number of ether oxygens (including phenoxy) is 2. The minimum atomic E-state index is -3.57. The molecule has 0 amide bonds.